The molecule has 0 aliphatic carbocycles. The molecule has 0 saturated carbocycles. The summed E-state index contributed by atoms with van der Waals surface area (Å²) in [6, 6.07) is 9.93. The van der Waals surface area contributed by atoms with E-state index < -0.39 is 23.7 Å². The lowest BCUT2D eigenvalue weighted by Crippen LogP contribution is -2.53. The minimum Gasteiger partial charge on any atom is -0.382 e. The molecule has 2 amide bonds. The van der Waals surface area contributed by atoms with E-state index >= 15 is 0 Å². The van der Waals surface area contributed by atoms with Crippen LogP contribution in [0.3, 0.4) is 0 Å². The summed E-state index contributed by atoms with van der Waals surface area (Å²) >= 11 is 0. The molecule has 2 heterocycles. The first-order valence-corrected chi connectivity index (χ1v) is 9.96. The number of piperazine rings is 1. The van der Waals surface area contributed by atoms with Crippen LogP contribution >= 0.6 is 0 Å². The predicted octanol–water partition coefficient (Wildman–Crippen LogP) is 3.32. The van der Waals surface area contributed by atoms with E-state index in [9.17, 15) is 27.2 Å². The quantitative estimate of drug-likeness (QED) is 0.676. The van der Waals surface area contributed by atoms with E-state index in [-0.39, 0.29) is 50.0 Å². The van der Waals surface area contributed by atoms with Crippen LogP contribution in [0.2, 0.25) is 0 Å². The average molecular weight is 449 g/mol. The topological polar surface area (TPSA) is 62.2 Å². The van der Waals surface area contributed by atoms with Crippen molar-refractivity contribution in [3.05, 3.63) is 71.0 Å². The van der Waals surface area contributed by atoms with Crippen LogP contribution in [-0.4, -0.2) is 59.6 Å². The Bertz CT molecular complexity index is 1050. The fraction of sp³-hybridized carbons (Fsp3) is 0.318. The van der Waals surface area contributed by atoms with Crippen LogP contribution in [0.5, 0.6) is 0 Å². The average Bonchev–Trinajstić information content (AvgIpc) is 3.28. The second-order valence-electron chi connectivity index (χ2n) is 7.54. The van der Waals surface area contributed by atoms with E-state index in [1.54, 1.807) is 17.0 Å². The molecule has 1 saturated heterocycles. The zero-order chi connectivity index (χ0) is 22.9. The molecular formula is C22H19F4N3O3. The fourth-order valence-electron chi connectivity index (χ4n) is 3.67. The number of hydrogen-bond acceptors (Lipinski definition) is 4. The van der Waals surface area contributed by atoms with E-state index in [0.29, 0.717) is 11.3 Å². The molecule has 0 aromatic heterocycles. The minimum absolute atomic E-state index is 0.157. The molecule has 1 unspecified atom stereocenters. The lowest BCUT2D eigenvalue weighted by molar-refractivity contribution is -0.143. The minimum atomic E-state index is -4.46. The van der Waals surface area contributed by atoms with E-state index in [2.05, 4.69) is 5.16 Å². The summed E-state index contributed by atoms with van der Waals surface area (Å²) in [4.78, 5) is 33.7. The van der Waals surface area contributed by atoms with E-state index in [4.69, 9.17) is 4.84 Å². The molecule has 1 atom stereocenters. The summed E-state index contributed by atoms with van der Waals surface area (Å²) in [6.45, 7) is 1.02. The van der Waals surface area contributed by atoms with Crippen molar-refractivity contribution in [2.24, 2.45) is 5.16 Å². The molecule has 1 fully saturated rings. The van der Waals surface area contributed by atoms with Crippen LogP contribution in [0.25, 0.3) is 0 Å². The Morgan fingerprint density at radius 2 is 1.62 bits per heavy atom. The highest BCUT2D eigenvalue weighted by Gasteiger charge is 2.35. The zero-order valence-electron chi connectivity index (χ0n) is 16.8. The van der Waals surface area contributed by atoms with Crippen LogP contribution in [0.1, 0.15) is 27.9 Å². The molecule has 2 aromatic rings. The summed E-state index contributed by atoms with van der Waals surface area (Å²) in [5.74, 6) is -1.07. The van der Waals surface area contributed by atoms with Crippen molar-refractivity contribution in [1.29, 1.82) is 0 Å². The summed E-state index contributed by atoms with van der Waals surface area (Å²) in [6.07, 6.45) is -5.06. The Kier molecular flexibility index (Phi) is 5.86. The van der Waals surface area contributed by atoms with Gasteiger partial charge in [0.1, 0.15) is 5.82 Å². The Hall–Kier alpha value is -3.43. The lowest BCUT2D eigenvalue weighted by atomic mass is 10.0. The van der Waals surface area contributed by atoms with Gasteiger partial charge in [0.25, 0.3) is 11.8 Å². The van der Waals surface area contributed by atoms with Gasteiger partial charge < -0.3 is 14.6 Å². The number of carbonyl (C=O) groups excluding carboxylic acids is 2. The number of carbonyl (C=O) groups is 2. The molecule has 2 aromatic carbocycles. The summed E-state index contributed by atoms with van der Waals surface area (Å²) in [5.41, 5.74) is 0.372. The molecule has 6 nitrogen and oxygen atoms in total. The van der Waals surface area contributed by atoms with Gasteiger partial charge in [-0.15, -0.1) is 0 Å². The van der Waals surface area contributed by atoms with Crippen LogP contribution < -0.4 is 0 Å². The summed E-state index contributed by atoms with van der Waals surface area (Å²) < 4.78 is 51.5. The van der Waals surface area contributed by atoms with Crippen LogP contribution in [0, 0.1) is 5.82 Å². The van der Waals surface area contributed by atoms with Crippen molar-refractivity contribution in [3.63, 3.8) is 0 Å². The number of benzene rings is 2. The molecular weight excluding hydrogens is 430 g/mol. The highest BCUT2D eigenvalue weighted by molar-refractivity contribution is 6.04. The summed E-state index contributed by atoms with van der Waals surface area (Å²) in [7, 11) is 0. The van der Waals surface area contributed by atoms with Crippen LogP contribution in [-0.2, 0) is 15.8 Å². The number of alkyl halides is 3. The van der Waals surface area contributed by atoms with E-state index in [1.807, 2.05) is 0 Å². The third-order valence-electron chi connectivity index (χ3n) is 5.44. The molecule has 10 heteroatoms. The van der Waals surface area contributed by atoms with Crippen LogP contribution in [0.15, 0.2) is 53.7 Å². The molecule has 32 heavy (non-hydrogen) atoms. The second-order valence-corrected chi connectivity index (χ2v) is 7.54. The Balaban J connectivity index is 1.31. The van der Waals surface area contributed by atoms with Crippen LogP contribution in [0.4, 0.5) is 17.6 Å². The molecule has 0 spiro atoms. The van der Waals surface area contributed by atoms with Gasteiger partial charge in [0.2, 0.25) is 6.10 Å². The lowest BCUT2D eigenvalue weighted by Gasteiger charge is -2.35. The number of amides is 2. The van der Waals surface area contributed by atoms with Gasteiger partial charge in [-0.1, -0.05) is 17.3 Å². The van der Waals surface area contributed by atoms with Gasteiger partial charge in [-0.2, -0.15) is 13.2 Å². The van der Waals surface area contributed by atoms with E-state index in [1.165, 1.54) is 17.0 Å². The van der Waals surface area contributed by atoms with Crippen molar-refractivity contribution in [2.45, 2.75) is 18.7 Å². The number of oxime groups is 1. The Morgan fingerprint density at radius 3 is 2.25 bits per heavy atom. The van der Waals surface area contributed by atoms with Gasteiger partial charge in [0.05, 0.1) is 11.3 Å². The maximum atomic E-state index is 13.4. The monoisotopic (exact) mass is 449 g/mol. The third kappa shape index (κ3) is 4.58. The summed E-state index contributed by atoms with van der Waals surface area (Å²) in [5, 5.41) is 3.91. The molecule has 168 valence electrons. The van der Waals surface area contributed by atoms with Crippen molar-refractivity contribution >= 4 is 17.5 Å². The first-order valence-electron chi connectivity index (χ1n) is 9.96. The molecule has 4 rings (SSSR count). The first kappa shape index (κ1) is 21.8. The largest absolute Gasteiger partial charge is 0.416 e. The van der Waals surface area contributed by atoms with Gasteiger partial charge >= 0.3 is 6.18 Å². The SMILES string of the molecule is O=C(c1ccc(C(F)(F)F)cc1)N1CCN(C(=O)C2CC(c3cccc(F)c3)=NO2)CC1. The molecule has 2 aliphatic heterocycles. The Morgan fingerprint density at radius 1 is 0.969 bits per heavy atom. The normalized spacial score (nSPS) is 18.9. The number of nitrogens with zero attached hydrogens (tertiary/aromatic N) is 3. The highest BCUT2D eigenvalue weighted by Crippen LogP contribution is 2.29. The first-order chi connectivity index (χ1) is 15.2. The standard InChI is InChI=1S/C22H19F4N3O3/c23-17-3-1-2-15(12-17)18-13-19(32-27-18)21(31)29-10-8-28(9-11-29)20(30)14-4-6-16(7-5-14)22(24,25)26/h1-7,12,19H,8-11,13H2. The predicted molar refractivity (Wildman–Crippen MR) is 106 cm³/mol. The number of hydrogen-bond donors (Lipinski definition) is 0. The van der Waals surface area contributed by atoms with Crippen molar-refractivity contribution in [3.8, 4) is 0 Å². The molecule has 0 radical (unpaired) electrons. The maximum absolute atomic E-state index is 13.4. The third-order valence-corrected chi connectivity index (χ3v) is 5.44. The second kappa shape index (κ2) is 8.60. The Labute approximate surface area is 181 Å². The highest BCUT2D eigenvalue weighted by atomic mass is 19.4. The molecule has 0 N–H and O–H groups in total. The van der Waals surface area contributed by atoms with Gasteiger partial charge in [0.15, 0.2) is 0 Å². The van der Waals surface area contributed by atoms with Gasteiger partial charge in [-0.05, 0) is 36.4 Å². The van der Waals surface area contributed by atoms with Crippen molar-refractivity contribution < 1.29 is 32.0 Å². The van der Waals surface area contributed by atoms with Gasteiger partial charge in [-0.3, -0.25) is 9.59 Å². The fourth-order valence-corrected chi connectivity index (χ4v) is 3.67. The molecule has 2 aliphatic rings. The smallest absolute Gasteiger partial charge is 0.382 e. The van der Waals surface area contributed by atoms with E-state index in [0.717, 1.165) is 24.3 Å². The van der Waals surface area contributed by atoms with Crippen molar-refractivity contribution in [2.75, 3.05) is 26.2 Å². The van der Waals surface area contributed by atoms with Gasteiger partial charge in [0, 0.05) is 43.7 Å². The number of halogens is 4. The zero-order valence-corrected chi connectivity index (χ0v) is 16.8. The van der Waals surface area contributed by atoms with Crippen molar-refractivity contribution in [1.82, 2.24) is 9.80 Å². The maximum Gasteiger partial charge on any atom is 0.416 e. The van der Waals surface area contributed by atoms with Gasteiger partial charge in [-0.25, -0.2) is 4.39 Å². The number of rotatable bonds is 3. The molecule has 0 bridgehead atoms.